The summed E-state index contributed by atoms with van der Waals surface area (Å²) in [6.07, 6.45) is -0.107. The summed E-state index contributed by atoms with van der Waals surface area (Å²) in [5.41, 5.74) is -0.266. The van der Waals surface area contributed by atoms with Crippen LogP contribution in [0.4, 0.5) is 18.0 Å². The third-order valence-electron chi connectivity index (χ3n) is 6.07. The summed E-state index contributed by atoms with van der Waals surface area (Å²) in [5.74, 6) is -9.19. The highest BCUT2D eigenvalue weighted by Crippen LogP contribution is 2.27. The summed E-state index contributed by atoms with van der Waals surface area (Å²) >= 11 is 6.03. The number of ketones is 1. The number of aryl methyl sites for hydroxylation is 1. The highest BCUT2D eigenvalue weighted by Gasteiger charge is 2.32. The normalized spacial score (nSPS) is 16.1. The Hall–Kier alpha value is -3.80. The zero-order valence-electron chi connectivity index (χ0n) is 20.8. The van der Waals surface area contributed by atoms with Gasteiger partial charge in [-0.15, -0.1) is 0 Å². The maximum Gasteiger partial charge on any atom is 0.415 e. The molecule has 13 heteroatoms. The van der Waals surface area contributed by atoms with Gasteiger partial charge in [-0.3, -0.25) is 14.4 Å². The Morgan fingerprint density at radius 1 is 1.15 bits per heavy atom. The number of halogens is 4. The molecule has 2 aromatic carbocycles. The number of benzene rings is 2. The zero-order valence-corrected chi connectivity index (χ0v) is 21.6. The molecular weight excluding hydrogens is 545 g/mol. The number of ether oxygens (including phenoxy) is 2. The molecule has 0 bridgehead atoms. The van der Waals surface area contributed by atoms with Crippen molar-refractivity contribution >= 4 is 35.4 Å². The van der Waals surface area contributed by atoms with Gasteiger partial charge in [0.1, 0.15) is 12.6 Å². The van der Waals surface area contributed by atoms with Crippen molar-refractivity contribution in [2.75, 3.05) is 19.7 Å². The van der Waals surface area contributed by atoms with Gasteiger partial charge in [-0.05, 0) is 43.5 Å². The predicted molar refractivity (Wildman–Crippen MR) is 132 cm³/mol. The number of carboxylic acids is 1. The first-order chi connectivity index (χ1) is 18.5. The molecule has 3 rings (SSSR count). The fourth-order valence-electron chi connectivity index (χ4n) is 3.99. The molecule has 2 amide bonds. The summed E-state index contributed by atoms with van der Waals surface area (Å²) < 4.78 is 52.0. The third kappa shape index (κ3) is 7.85. The molecule has 9 nitrogen and oxygen atoms in total. The Balaban J connectivity index is 1.67. The second kappa shape index (κ2) is 13.3. The van der Waals surface area contributed by atoms with Crippen LogP contribution in [0.5, 0.6) is 11.5 Å². The first-order valence-electron chi connectivity index (χ1n) is 12.0. The number of likely N-dealkylation sites (tertiary alicyclic amines) is 1. The Bertz CT molecular complexity index is 1230. The molecular formula is C26H26ClF3N2O7. The van der Waals surface area contributed by atoms with Crippen molar-refractivity contribution in [3.8, 4) is 11.5 Å². The molecule has 1 saturated heterocycles. The van der Waals surface area contributed by atoms with Crippen LogP contribution in [-0.2, 0) is 14.4 Å². The lowest BCUT2D eigenvalue weighted by atomic mass is 10.0. The quantitative estimate of drug-likeness (QED) is 0.432. The van der Waals surface area contributed by atoms with Crippen molar-refractivity contribution in [3.05, 3.63) is 58.4 Å². The van der Waals surface area contributed by atoms with Gasteiger partial charge in [0, 0.05) is 13.1 Å². The molecule has 0 aliphatic carbocycles. The van der Waals surface area contributed by atoms with Crippen molar-refractivity contribution in [1.29, 1.82) is 0 Å². The SMILES string of the molecule is Cc1cc(F)c(F)c(OCC(=O)[C@H](CC(=O)O)NC(=O)[C@@H]2CCCCN(C(=O)Oc3ccccc3Cl)C2)c1F. The van der Waals surface area contributed by atoms with Gasteiger partial charge in [0.25, 0.3) is 0 Å². The van der Waals surface area contributed by atoms with Gasteiger partial charge >= 0.3 is 12.1 Å². The maximum atomic E-state index is 14.2. The van der Waals surface area contributed by atoms with Crippen LogP contribution in [0.25, 0.3) is 0 Å². The van der Waals surface area contributed by atoms with Crippen LogP contribution in [0.15, 0.2) is 30.3 Å². The lowest BCUT2D eigenvalue weighted by Crippen LogP contribution is -2.48. The van der Waals surface area contributed by atoms with E-state index < -0.39 is 71.9 Å². The van der Waals surface area contributed by atoms with Crippen molar-refractivity contribution in [1.82, 2.24) is 10.2 Å². The monoisotopic (exact) mass is 570 g/mol. The number of hydrogen-bond donors (Lipinski definition) is 2. The molecule has 1 heterocycles. The molecule has 0 spiro atoms. The van der Waals surface area contributed by atoms with E-state index >= 15 is 0 Å². The van der Waals surface area contributed by atoms with Crippen LogP contribution in [-0.4, -0.2) is 59.5 Å². The van der Waals surface area contributed by atoms with E-state index in [0.29, 0.717) is 31.9 Å². The first kappa shape index (κ1) is 29.8. The summed E-state index contributed by atoms with van der Waals surface area (Å²) in [4.78, 5) is 51.1. The number of rotatable bonds is 9. The number of hydrogen-bond acceptors (Lipinski definition) is 6. The van der Waals surface area contributed by atoms with Gasteiger partial charge in [-0.25, -0.2) is 13.6 Å². The van der Waals surface area contributed by atoms with Crippen LogP contribution in [0.1, 0.15) is 31.2 Å². The lowest BCUT2D eigenvalue weighted by Gasteiger charge is -2.25. The predicted octanol–water partition coefficient (Wildman–Crippen LogP) is 4.27. The van der Waals surface area contributed by atoms with Crippen molar-refractivity contribution < 1.29 is 46.9 Å². The van der Waals surface area contributed by atoms with Crippen LogP contribution >= 0.6 is 11.6 Å². The van der Waals surface area contributed by atoms with E-state index in [9.17, 15) is 37.5 Å². The van der Waals surface area contributed by atoms with Crippen molar-refractivity contribution in [3.63, 3.8) is 0 Å². The van der Waals surface area contributed by atoms with Crippen LogP contribution in [0, 0.1) is 30.3 Å². The second-order valence-electron chi connectivity index (χ2n) is 8.98. The molecule has 2 aromatic rings. The fourth-order valence-corrected chi connectivity index (χ4v) is 4.16. The number of nitrogens with zero attached hydrogens (tertiary/aromatic N) is 1. The van der Waals surface area contributed by atoms with Gasteiger partial charge < -0.3 is 24.8 Å². The molecule has 0 aromatic heterocycles. The molecule has 1 aliphatic heterocycles. The van der Waals surface area contributed by atoms with Gasteiger partial charge in [0.2, 0.25) is 11.7 Å². The van der Waals surface area contributed by atoms with Gasteiger partial charge in [0.05, 0.1) is 17.4 Å². The number of carboxylic acid groups (broad SMARTS) is 1. The van der Waals surface area contributed by atoms with E-state index in [1.165, 1.54) is 17.9 Å². The topological polar surface area (TPSA) is 122 Å². The van der Waals surface area contributed by atoms with E-state index in [4.69, 9.17) is 21.1 Å². The molecule has 2 N–H and O–H groups in total. The summed E-state index contributed by atoms with van der Waals surface area (Å²) in [6, 6.07) is 5.36. The molecule has 2 atom stereocenters. The number of para-hydroxylation sites is 1. The number of carbonyl (C=O) groups is 4. The van der Waals surface area contributed by atoms with Crippen molar-refractivity contribution in [2.24, 2.45) is 5.92 Å². The molecule has 1 fully saturated rings. The second-order valence-corrected chi connectivity index (χ2v) is 9.39. The van der Waals surface area contributed by atoms with Gasteiger partial charge in [-0.2, -0.15) is 4.39 Å². The van der Waals surface area contributed by atoms with E-state index in [-0.39, 0.29) is 22.9 Å². The standard InChI is InChI=1S/C26H26ClF3N2O7/c1-14-10-17(28)23(30)24(22(14)29)38-13-19(33)18(11-21(34)35)31-25(36)15-6-4-5-9-32(12-15)26(37)39-20-8-3-2-7-16(20)27/h2-3,7-8,10,15,18H,4-6,9,11-13H2,1H3,(H,31,36)(H,34,35)/t15-,18+/m1/s1. The Labute approximate surface area is 226 Å². The zero-order chi connectivity index (χ0) is 28.7. The number of amides is 2. The van der Waals surface area contributed by atoms with E-state index in [2.05, 4.69) is 5.32 Å². The third-order valence-corrected chi connectivity index (χ3v) is 6.39. The molecule has 1 aliphatic rings. The Morgan fingerprint density at radius 2 is 1.87 bits per heavy atom. The number of aliphatic carboxylic acids is 1. The van der Waals surface area contributed by atoms with Gasteiger partial charge in [0.15, 0.2) is 28.9 Å². The summed E-state index contributed by atoms with van der Waals surface area (Å²) in [6.45, 7) is 0.358. The van der Waals surface area contributed by atoms with Gasteiger partial charge in [-0.1, -0.05) is 30.2 Å². The van der Waals surface area contributed by atoms with Crippen LogP contribution in [0.2, 0.25) is 5.02 Å². The molecule has 210 valence electrons. The molecule has 0 radical (unpaired) electrons. The average Bonchev–Trinajstić information content (AvgIpc) is 3.15. The lowest BCUT2D eigenvalue weighted by molar-refractivity contribution is -0.141. The molecule has 0 unspecified atom stereocenters. The minimum Gasteiger partial charge on any atom is -0.481 e. The Kier molecular flexibility index (Phi) is 10.2. The summed E-state index contributed by atoms with van der Waals surface area (Å²) in [5, 5.41) is 11.8. The molecule has 39 heavy (non-hydrogen) atoms. The number of Topliss-reactive ketones (excluding diaryl/α,β-unsaturated/α-hetero) is 1. The van der Waals surface area contributed by atoms with E-state index in [1.54, 1.807) is 18.2 Å². The van der Waals surface area contributed by atoms with Crippen molar-refractivity contribution in [2.45, 2.75) is 38.6 Å². The summed E-state index contributed by atoms with van der Waals surface area (Å²) in [7, 11) is 0. The first-order valence-corrected chi connectivity index (χ1v) is 12.4. The van der Waals surface area contributed by atoms with Crippen LogP contribution in [0.3, 0.4) is 0 Å². The molecule has 0 saturated carbocycles. The van der Waals surface area contributed by atoms with E-state index in [0.717, 1.165) is 0 Å². The highest BCUT2D eigenvalue weighted by atomic mass is 35.5. The maximum absolute atomic E-state index is 14.2. The Morgan fingerprint density at radius 3 is 2.56 bits per heavy atom. The average molecular weight is 571 g/mol. The van der Waals surface area contributed by atoms with Crippen LogP contribution < -0.4 is 14.8 Å². The number of nitrogens with one attached hydrogen (secondary N) is 1. The largest absolute Gasteiger partial charge is 0.481 e. The van der Waals surface area contributed by atoms with E-state index in [1.807, 2.05) is 0 Å². The fraction of sp³-hybridized carbons (Fsp3) is 0.385. The minimum atomic E-state index is -1.65. The number of carbonyl (C=O) groups excluding carboxylic acids is 3. The smallest absolute Gasteiger partial charge is 0.415 e. The highest BCUT2D eigenvalue weighted by molar-refractivity contribution is 6.32. The minimum absolute atomic E-state index is 0.0708.